The molecule has 0 unspecified atom stereocenters. The number of imidazole rings is 1. The Kier molecular flexibility index (Phi) is 4.42. The van der Waals surface area contributed by atoms with E-state index < -0.39 is 0 Å². The molecule has 0 aliphatic carbocycles. The largest absolute Gasteiger partial charge is 0.326 e. The number of hydrogen-bond acceptors (Lipinski definition) is 4. The molecular formula is C17H21N5OS. The Morgan fingerprint density at radius 1 is 1.17 bits per heavy atom. The van der Waals surface area contributed by atoms with Gasteiger partial charge in [0.2, 0.25) is 0 Å². The van der Waals surface area contributed by atoms with E-state index in [0.29, 0.717) is 0 Å². The molecule has 3 aromatic rings. The number of para-hydroxylation sites is 2. The van der Waals surface area contributed by atoms with E-state index in [1.165, 1.54) is 19.3 Å². The number of hydrogen-bond donors (Lipinski definition) is 1. The molecule has 3 heterocycles. The normalized spacial score (nSPS) is 14.7. The molecule has 1 aliphatic heterocycles. The Morgan fingerprint density at radius 3 is 3.04 bits per heavy atom. The fraction of sp³-hybridized carbons (Fsp3) is 0.471. The van der Waals surface area contributed by atoms with Gasteiger partial charge in [-0.1, -0.05) is 30.3 Å². The summed E-state index contributed by atoms with van der Waals surface area (Å²) in [5, 5.41) is 9.70. The van der Waals surface area contributed by atoms with E-state index in [1.54, 1.807) is 11.8 Å². The van der Waals surface area contributed by atoms with Crippen LogP contribution in [0.25, 0.3) is 11.0 Å². The number of benzene rings is 1. The van der Waals surface area contributed by atoms with Crippen molar-refractivity contribution in [3.05, 3.63) is 40.6 Å². The Labute approximate surface area is 144 Å². The highest BCUT2D eigenvalue weighted by atomic mass is 32.2. The number of nitrogens with one attached hydrogen (secondary N) is 1. The van der Waals surface area contributed by atoms with Crippen LogP contribution in [-0.2, 0) is 19.5 Å². The maximum atomic E-state index is 12.1. The van der Waals surface area contributed by atoms with Crippen molar-refractivity contribution >= 4 is 22.8 Å². The molecule has 7 heteroatoms. The first-order valence-corrected chi connectivity index (χ1v) is 9.54. The fourth-order valence-electron chi connectivity index (χ4n) is 3.28. The van der Waals surface area contributed by atoms with Crippen molar-refractivity contribution in [2.45, 2.75) is 50.4 Å². The molecule has 2 aromatic heterocycles. The van der Waals surface area contributed by atoms with Crippen molar-refractivity contribution in [1.82, 2.24) is 24.3 Å². The quantitative estimate of drug-likeness (QED) is 0.571. The van der Waals surface area contributed by atoms with Gasteiger partial charge in [0.25, 0.3) is 0 Å². The average molecular weight is 343 g/mol. The zero-order valence-electron chi connectivity index (χ0n) is 13.6. The molecule has 4 rings (SSSR count). The third-order valence-corrected chi connectivity index (χ3v) is 5.57. The Hall–Kier alpha value is -2.02. The highest BCUT2D eigenvalue weighted by molar-refractivity contribution is 7.99. The first-order valence-electron chi connectivity index (χ1n) is 8.55. The summed E-state index contributed by atoms with van der Waals surface area (Å²) in [6.07, 6.45) is 5.67. The summed E-state index contributed by atoms with van der Waals surface area (Å²) in [5.41, 5.74) is 1.85. The molecule has 0 amide bonds. The summed E-state index contributed by atoms with van der Waals surface area (Å²) in [6.45, 7) is 1.75. The Balaban J connectivity index is 1.39. The zero-order valence-corrected chi connectivity index (χ0v) is 14.4. The van der Waals surface area contributed by atoms with Crippen LogP contribution in [0.4, 0.5) is 0 Å². The number of aromatic nitrogens is 5. The summed E-state index contributed by atoms with van der Waals surface area (Å²) in [7, 11) is 0. The van der Waals surface area contributed by atoms with Gasteiger partial charge >= 0.3 is 5.69 Å². The molecule has 0 spiro atoms. The summed E-state index contributed by atoms with van der Waals surface area (Å²) in [6, 6.07) is 7.83. The van der Waals surface area contributed by atoms with Crippen LogP contribution in [0.5, 0.6) is 0 Å². The van der Waals surface area contributed by atoms with Crippen molar-refractivity contribution in [3.63, 3.8) is 0 Å². The number of aryl methyl sites for hydroxylation is 2. The van der Waals surface area contributed by atoms with Crippen LogP contribution in [0.3, 0.4) is 0 Å². The minimum Gasteiger partial charge on any atom is -0.306 e. The van der Waals surface area contributed by atoms with Gasteiger partial charge in [0.05, 0.1) is 11.0 Å². The number of nitrogens with zero attached hydrogens (tertiary/aromatic N) is 4. The Bertz CT molecular complexity index is 894. The van der Waals surface area contributed by atoms with Crippen molar-refractivity contribution in [2.75, 3.05) is 5.75 Å². The third kappa shape index (κ3) is 3.00. The summed E-state index contributed by atoms with van der Waals surface area (Å²) in [5.74, 6) is 2.06. The molecule has 1 aromatic carbocycles. The van der Waals surface area contributed by atoms with Gasteiger partial charge in [-0.05, 0) is 31.4 Å². The molecule has 0 bridgehead atoms. The van der Waals surface area contributed by atoms with E-state index in [9.17, 15) is 4.79 Å². The second-order valence-corrected chi connectivity index (χ2v) is 7.22. The molecule has 0 saturated heterocycles. The number of H-pyrrole nitrogens is 1. The van der Waals surface area contributed by atoms with Gasteiger partial charge in [0.15, 0.2) is 5.16 Å². The smallest absolute Gasteiger partial charge is 0.306 e. The van der Waals surface area contributed by atoms with Crippen molar-refractivity contribution in [3.8, 4) is 0 Å². The molecule has 1 N–H and O–H groups in total. The highest BCUT2D eigenvalue weighted by Crippen LogP contribution is 2.22. The fourth-order valence-corrected chi connectivity index (χ4v) is 4.19. The first kappa shape index (κ1) is 15.5. The SMILES string of the molecule is O=c1[nH]c2ccccc2n1CCCSc1nnc2n1CCCCC2. The maximum absolute atomic E-state index is 12.1. The van der Waals surface area contributed by atoms with Crippen LogP contribution in [0.2, 0.25) is 0 Å². The van der Waals surface area contributed by atoms with Crippen LogP contribution in [0.15, 0.2) is 34.2 Å². The van der Waals surface area contributed by atoms with E-state index in [0.717, 1.165) is 53.7 Å². The molecule has 126 valence electrons. The lowest BCUT2D eigenvalue weighted by molar-refractivity contribution is 0.590. The predicted molar refractivity (Wildman–Crippen MR) is 95.5 cm³/mol. The van der Waals surface area contributed by atoms with Crippen LogP contribution >= 0.6 is 11.8 Å². The summed E-state index contributed by atoms with van der Waals surface area (Å²) in [4.78, 5) is 15.0. The molecule has 0 atom stereocenters. The molecular weight excluding hydrogens is 322 g/mol. The van der Waals surface area contributed by atoms with Crippen molar-refractivity contribution < 1.29 is 0 Å². The molecule has 6 nitrogen and oxygen atoms in total. The van der Waals surface area contributed by atoms with Crippen LogP contribution in [-0.4, -0.2) is 30.1 Å². The molecule has 1 aliphatic rings. The van der Waals surface area contributed by atoms with E-state index in [-0.39, 0.29) is 5.69 Å². The monoisotopic (exact) mass is 343 g/mol. The van der Waals surface area contributed by atoms with E-state index >= 15 is 0 Å². The zero-order chi connectivity index (χ0) is 16.4. The number of fused-ring (bicyclic) bond motifs is 2. The average Bonchev–Trinajstić information content (AvgIpc) is 3.02. The minimum absolute atomic E-state index is 0.0301. The summed E-state index contributed by atoms with van der Waals surface area (Å²) >= 11 is 1.75. The van der Waals surface area contributed by atoms with Crippen molar-refractivity contribution in [2.24, 2.45) is 0 Å². The van der Waals surface area contributed by atoms with Gasteiger partial charge in [0.1, 0.15) is 5.82 Å². The first-order chi connectivity index (χ1) is 11.8. The lowest BCUT2D eigenvalue weighted by Gasteiger charge is -2.06. The topological polar surface area (TPSA) is 68.5 Å². The Morgan fingerprint density at radius 2 is 2.08 bits per heavy atom. The summed E-state index contributed by atoms with van der Waals surface area (Å²) < 4.78 is 4.09. The molecule has 24 heavy (non-hydrogen) atoms. The maximum Gasteiger partial charge on any atom is 0.326 e. The van der Waals surface area contributed by atoms with Gasteiger partial charge in [-0.2, -0.15) is 0 Å². The minimum atomic E-state index is -0.0301. The van der Waals surface area contributed by atoms with Gasteiger partial charge in [0, 0.05) is 25.3 Å². The van der Waals surface area contributed by atoms with E-state index in [2.05, 4.69) is 19.7 Å². The second kappa shape index (κ2) is 6.84. The predicted octanol–water partition coefficient (Wildman–Crippen LogP) is 2.83. The molecule has 0 radical (unpaired) electrons. The molecule has 0 fully saturated rings. The van der Waals surface area contributed by atoms with Crippen molar-refractivity contribution in [1.29, 1.82) is 0 Å². The highest BCUT2D eigenvalue weighted by Gasteiger charge is 2.14. The van der Waals surface area contributed by atoms with Gasteiger partial charge < -0.3 is 9.55 Å². The third-order valence-electron chi connectivity index (χ3n) is 4.51. The van der Waals surface area contributed by atoms with Crippen LogP contribution in [0.1, 0.15) is 31.5 Å². The van der Waals surface area contributed by atoms with Crippen LogP contribution in [0, 0.1) is 0 Å². The number of rotatable bonds is 5. The van der Waals surface area contributed by atoms with E-state index in [4.69, 9.17) is 0 Å². The lowest BCUT2D eigenvalue weighted by Crippen LogP contribution is -2.17. The number of aromatic amines is 1. The molecule has 0 saturated carbocycles. The van der Waals surface area contributed by atoms with Crippen LogP contribution < -0.4 is 5.69 Å². The van der Waals surface area contributed by atoms with Gasteiger partial charge in [-0.3, -0.25) is 4.57 Å². The van der Waals surface area contributed by atoms with Gasteiger partial charge in [-0.15, -0.1) is 10.2 Å². The lowest BCUT2D eigenvalue weighted by atomic mass is 10.2. The second-order valence-electron chi connectivity index (χ2n) is 6.16. The standard InChI is InChI=1S/C17H21N5OS/c23-16-18-13-7-3-4-8-14(13)21(16)11-6-12-24-17-20-19-15-9-2-1-5-10-22(15)17/h3-4,7-8H,1-2,5-6,9-12H2,(H,18,23). The van der Waals surface area contributed by atoms with Gasteiger partial charge in [-0.25, -0.2) is 4.79 Å². The number of thioether (sulfide) groups is 1. The van der Waals surface area contributed by atoms with E-state index in [1.807, 2.05) is 28.8 Å².